The Morgan fingerprint density at radius 1 is 1.06 bits per heavy atom. The summed E-state index contributed by atoms with van der Waals surface area (Å²) < 4.78 is 13.9. The molecule has 5 aromatic rings. The van der Waals surface area contributed by atoms with Crippen molar-refractivity contribution >= 4 is 22.7 Å². The first-order valence-electron chi connectivity index (χ1n) is 11.9. The van der Waals surface area contributed by atoms with E-state index in [2.05, 4.69) is 9.97 Å². The molecule has 1 amide bonds. The fourth-order valence-electron chi connectivity index (χ4n) is 4.73. The summed E-state index contributed by atoms with van der Waals surface area (Å²) in [6, 6.07) is 19.3. The molecule has 0 aliphatic carbocycles. The summed E-state index contributed by atoms with van der Waals surface area (Å²) in [5.74, 6) is 1.69. The number of rotatable bonds is 5. The third-order valence-corrected chi connectivity index (χ3v) is 6.64. The number of pyridine rings is 1. The SMILES string of the molecule is Cc1cccn2cc(COc3cccc(C(=O)N4CCC(c5nc6ccccc6o5)CC4)c3)nc12. The highest BCUT2D eigenvalue weighted by molar-refractivity contribution is 5.94. The van der Waals surface area contributed by atoms with Crippen molar-refractivity contribution in [3.63, 3.8) is 0 Å². The van der Waals surface area contributed by atoms with Crippen LogP contribution in [0.1, 0.15) is 46.3 Å². The van der Waals surface area contributed by atoms with Gasteiger partial charge in [-0.3, -0.25) is 4.79 Å². The molecule has 7 heteroatoms. The van der Waals surface area contributed by atoms with Gasteiger partial charge >= 0.3 is 0 Å². The van der Waals surface area contributed by atoms with Crippen molar-refractivity contribution in [2.45, 2.75) is 32.3 Å². The second-order valence-electron chi connectivity index (χ2n) is 9.06. The first-order chi connectivity index (χ1) is 17.1. The lowest BCUT2D eigenvalue weighted by molar-refractivity contribution is 0.0706. The highest BCUT2D eigenvalue weighted by Gasteiger charge is 2.27. The zero-order valence-electron chi connectivity index (χ0n) is 19.6. The van der Waals surface area contributed by atoms with Gasteiger partial charge in [-0.15, -0.1) is 0 Å². The third-order valence-electron chi connectivity index (χ3n) is 6.64. The average molecular weight is 467 g/mol. The van der Waals surface area contributed by atoms with Crippen LogP contribution in [0.25, 0.3) is 16.7 Å². The third kappa shape index (κ3) is 4.25. The Morgan fingerprint density at radius 2 is 1.91 bits per heavy atom. The number of carbonyl (C=O) groups excluding carboxylic acids is 1. The van der Waals surface area contributed by atoms with Crippen molar-refractivity contribution in [1.82, 2.24) is 19.3 Å². The molecule has 0 unspecified atom stereocenters. The summed E-state index contributed by atoms with van der Waals surface area (Å²) in [6.45, 7) is 3.73. The molecule has 1 aliphatic heterocycles. The molecule has 1 aliphatic rings. The highest BCUT2D eigenvalue weighted by Crippen LogP contribution is 2.30. The summed E-state index contributed by atoms with van der Waals surface area (Å²) in [6.07, 6.45) is 5.62. The molecule has 0 spiro atoms. The fraction of sp³-hybridized carbons (Fsp3) is 0.250. The molecule has 2 aromatic carbocycles. The number of aromatic nitrogens is 3. The molecule has 7 nitrogen and oxygen atoms in total. The van der Waals surface area contributed by atoms with E-state index in [-0.39, 0.29) is 11.8 Å². The second kappa shape index (κ2) is 8.91. The molecule has 4 heterocycles. The number of fused-ring (bicyclic) bond motifs is 2. The van der Waals surface area contributed by atoms with Crippen molar-refractivity contribution < 1.29 is 13.9 Å². The molecule has 176 valence electrons. The molecular weight excluding hydrogens is 440 g/mol. The monoisotopic (exact) mass is 466 g/mol. The van der Waals surface area contributed by atoms with Gasteiger partial charge in [0.1, 0.15) is 23.5 Å². The van der Waals surface area contributed by atoms with Crippen molar-refractivity contribution in [1.29, 1.82) is 0 Å². The molecule has 1 fully saturated rings. The lowest BCUT2D eigenvalue weighted by atomic mass is 9.96. The molecule has 6 rings (SSSR count). The Hall–Kier alpha value is -4.13. The van der Waals surface area contributed by atoms with E-state index >= 15 is 0 Å². The van der Waals surface area contributed by atoms with Crippen LogP contribution in [-0.4, -0.2) is 38.3 Å². The number of nitrogens with zero attached hydrogens (tertiary/aromatic N) is 4. The van der Waals surface area contributed by atoms with Crippen molar-refractivity contribution in [2.75, 3.05) is 13.1 Å². The summed E-state index contributed by atoms with van der Waals surface area (Å²) in [5, 5.41) is 0. The largest absolute Gasteiger partial charge is 0.487 e. The Morgan fingerprint density at radius 3 is 2.74 bits per heavy atom. The van der Waals surface area contributed by atoms with Gasteiger partial charge < -0.3 is 18.5 Å². The Labute approximate surface area is 203 Å². The van der Waals surface area contributed by atoms with Gasteiger partial charge in [-0.2, -0.15) is 0 Å². The number of hydrogen-bond donors (Lipinski definition) is 0. The summed E-state index contributed by atoms with van der Waals surface area (Å²) in [4.78, 5) is 24.4. The van der Waals surface area contributed by atoms with Crippen LogP contribution in [0.2, 0.25) is 0 Å². The number of hydrogen-bond acceptors (Lipinski definition) is 5. The number of aryl methyl sites for hydroxylation is 1. The second-order valence-corrected chi connectivity index (χ2v) is 9.06. The van der Waals surface area contributed by atoms with E-state index in [4.69, 9.17) is 9.15 Å². The maximum absolute atomic E-state index is 13.2. The lowest BCUT2D eigenvalue weighted by Crippen LogP contribution is -2.38. The predicted octanol–water partition coefficient (Wildman–Crippen LogP) is 5.38. The average Bonchev–Trinajstić information content (AvgIpc) is 3.52. The molecular formula is C28H26N4O3. The molecule has 0 saturated carbocycles. The van der Waals surface area contributed by atoms with E-state index < -0.39 is 0 Å². The van der Waals surface area contributed by atoms with Gasteiger partial charge in [-0.25, -0.2) is 9.97 Å². The number of imidazole rings is 1. The van der Waals surface area contributed by atoms with E-state index in [1.54, 1.807) is 0 Å². The van der Waals surface area contributed by atoms with Gasteiger partial charge in [0.2, 0.25) is 0 Å². The van der Waals surface area contributed by atoms with Gasteiger partial charge in [0.05, 0.1) is 5.69 Å². The molecule has 0 radical (unpaired) electrons. The molecule has 0 atom stereocenters. The van der Waals surface area contributed by atoms with Crippen molar-refractivity contribution in [3.8, 4) is 5.75 Å². The van der Waals surface area contributed by atoms with Gasteiger partial charge in [0.25, 0.3) is 5.91 Å². The smallest absolute Gasteiger partial charge is 0.253 e. The van der Waals surface area contributed by atoms with Crippen LogP contribution in [-0.2, 0) is 6.61 Å². The van der Waals surface area contributed by atoms with E-state index in [1.165, 1.54) is 0 Å². The number of oxazole rings is 1. The minimum atomic E-state index is 0.0230. The number of amides is 1. The van der Waals surface area contributed by atoms with E-state index in [0.717, 1.165) is 46.7 Å². The summed E-state index contributed by atoms with van der Waals surface area (Å²) in [5.41, 5.74) is 5.22. The van der Waals surface area contributed by atoms with Crippen molar-refractivity contribution in [2.24, 2.45) is 0 Å². The number of ether oxygens (including phenoxy) is 1. The van der Waals surface area contributed by atoms with Crippen molar-refractivity contribution in [3.05, 3.63) is 95.8 Å². The maximum atomic E-state index is 13.2. The van der Waals surface area contributed by atoms with Crippen LogP contribution < -0.4 is 4.74 Å². The molecule has 0 bridgehead atoms. The van der Waals surface area contributed by atoms with Gasteiger partial charge in [0, 0.05) is 37.0 Å². The van der Waals surface area contributed by atoms with Gasteiger partial charge in [0.15, 0.2) is 11.5 Å². The first-order valence-corrected chi connectivity index (χ1v) is 11.9. The Kier molecular flexibility index (Phi) is 5.45. The van der Waals surface area contributed by atoms with E-state index in [1.807, 2.05) is 89.3 Å². The van der Waals surface area contributed by atoms with Crippen LogP contribution in [0.3, 0.4) is 0 Å². The summed E-state index contributed by atoms with van der Waals surface area (Å²) in [7, 11) is 0. The van der Waals surface area contributed by atoms with Crippen LogP contribution >= 0.6 is 0 Å². The van der Waals surface area contributed by atoms with E-state index in [0.29, 0.717) is 31.0 Å². The standard InChI is InChI=1S/C28H26N4O3/c1-19-6-5-13-32-17-22(29-26(19)32)18-34-23-8-4-7-21(16-23)28(33)31-14-11-20(12-15-31)27-30-24-9-2-3-10-25(24)35-27/h2-10,13,16-17,20H,11-12,14-15,18H2,1H3. The number of piperidine rings is 1. The zero-order chi connectivity index (χ0) is 23.8. The molecule has 1 saturated heterocycles. The quantitative estimate of drug-likeness (QED) is 0.348. The lowest BCUT2D eigenvalue weighted by Gasteiger charge is -2.30. The van der Waals surface area contributed by atoms with Gasteiger partial charge in [-0.05, 0) is 61.7 Å². The van der Waals surface area contributed by atoms with Crippen LogP contribution in [0.4, 0.5) is 0 Å². The Bertz CT molecular complexity index is 1480. The maximum Gasteiger partial charge on any atom is 0.253 e. The normalized spacial score (nSPS) is 14.6. The van der Waals surface area contributed by atoms with Crippen LogP contribution in [0, 0.1) is 6.92 Å². The number of para-hydroxylation sites is 2. The first kappa shape index (κ1) is 21.4. The minimum absolute atomic E-state index is 0.0230. The minimum Gasteiger partial charge on any atom is -0.487 e. The fourth-order valence-corrected chi connectivity index (χ4v) is 4.73. The number of benzene rings is 2. The van der Waals surface area contributed by atoms with Crippen LogP contribution in [0.15, 0.2) is 77.5 Å². The molecule has 35 heavy (non-hydrogen) atoms. The summed E-state index contributed by atoms with van der Waals surface area (Å²) >= 11 is 0. The van der Waals surface area contributed by atoms with E-state index in [9.17, 15) is 4.79 Å². The highest BCUT2D eigenvalue weighted by atomic mass is 16.5. The zero-order valence-corrected chi connectivity index (χ0v) is 19.6. The Balaban J connectivity index is 1.09. The molecule has 3 aromatic heterocycles. The van der Waals surface area contributed by atoms with Gasteiger partial charge in [-0.1, -0.05) is 24.3 Å². The predicted molar refractivity (Wildman–Crippen MR) is 133 cm³/mol. The molecule has 0 N–H and O–H groups in total. The number of carbonyl (C=O) groups is 1. The number of likely N-dealkylation sites (tertiary alicyclic amines) is 1. The van der Waals surface area contributed by atoms with Crippen LogP contribution in [0.5, 0.6) is 5.75 Å². The topological polar surface area (TPSA) is 72.9 Å².